The highest BCUT2D eigenvalue weighted by molar-refractivity contribution is 4.89. The van der Waals surface area contributed by atoms with Gasteiger partial charge >= 0.3 is 0 Å². The molecule has 4 heteroatoms. The number of aliphatic hydroxyl groups is 3. The maximum atomic E-state index is 8.89. The third-order valence-electron chi connectivity index (χ3n) is 1.30. The second-order valence-electron chi connectivity index (χ2n) is 1.97. The van der Waals surface area contributed by atoms with Crippen LogP contribution < -0.4 is 0 Å². The van der Waals surface area contributed by atoms with E-state index in [-0.39, 0.29) is 6.61 Å². The summed E-state index contributed by atoms with van der Waals surface area (Å²) in [6.45, 7) is 0.848. The van der Waals surface area contributed by atoms with Crippen LogP contribution in [0.1, 0.15) is 0 Å². The average Bonchev–Trinajstić information content (AvgIpc) is 2.15. The molecule has 0 saturated carbocycles. The molecule has 1 radical (unpaired) electrons. The Hall–Kier alpha value is -0.160. The number of rotatable bonds is 1. The molecule has 9 heavy (non-hydrogen) atoms. The molecule has 1 aliphatic heterocycles. The molecule has 0 aromatic rings. The minimum atomic E-state index is -0.977. The van der Waals surface area contributed by atoms with Gasteiger partial charge in [0, 0.05) is 0 Å². The van der Waals surface area contributed by atoms with E-state index < -0.39 is 18.3 Å². The van der Waals surface area contributed by atoms with Crippen LogP contribution in [-0.2, 0) is 4.74 Å². The van der Waals surface area contributed by atoms with E-state index in [1.165, 1.54) is 0 Å². The van der Waals surface area contributed by atoms with E-state index in [1.807, 2.05) is 0 Å². The summed E-state index contributed by atoms with van der Waals surface area (Å²) in [5, 5.41) is 26.1. The molecular formula is C5H9O4. The maximum absolute atomic E-state index is 8.89. The molecule has 0 unspecified atom stereocenters. The molecule has 53 valence electrons. The van der Waals surface area contributed by atoms with E-state index in [0.717, 1.165) is 6.61 Å². The predicted molar refractivity (Wildman–Crippen MR) is 28.3 cm³/mol. The molecule has 1 heterocycles. The lowest BCUT2D eigenvalue weighted by molar-refractivity contribution is -0.00317. The van der Waals surface area contributed by atoms with Crippen LogP contribution in [0.5, 0.6) is 0 Å². The van der Waals surface area contributed by atoms with Gasteiger partial charge in [-0.2, -0.15) is 0 Å². The highest BCUT2D eigenvalue weighted by Crippen LogP contribution is 2.16. The Balaban J connectivity index is 2.41. The van der Waals surface area contributed by atoms with Crippen molar-refractivity contribution >= 4 is 0 Å². The van der Waals surface area contributed by atoms with E-state index in [4.69, 9.17) is 15.3 Å². The highest BCUT2D eigenvalue weighted by Gasteiger charge is 2.34. The fourth-order valence-electron chi connectivity index (χ4n) is 0.713. The van der Waals surface area contributed by atoms with Gasteiger partial charge in [0.1, 0.15) is 24.9 Å². The Morgan fingerprint density at radius 2 is 2.11 bits per heavy atom. The van der Waals surface area contributed by atoms with Crippen molar-refractivity contribution in [3.63, 3.8) is 0 Å². The lowest BCUT2D eigenvalue weighted by Gasteiger charge is -2.10. The Morgan fingerprint density at radius 1 is 1.44 bits per heavy atom. The first-order chi connectivity index (χ1) is 4.25. The van der Waals surface area contributed by atoms with E-state index in [0.29, 0.717) is 0 Å². The summed E-state index contributed by atoms with van der Waals surface area (Å²) in [6, 6.07) is 0. The molecule has 1 saturated heterocycles. The summed E-state index contributed by atoms with van der Waals surface area (Å²) in [5.41, 5.74) is 0. The SMILES string of the molecule is OC[C@H]1O[CH][C@H](O)[C@@H]1O. The standard InChI is InChI=1S/C5H9O4/c6-1-4-5(8)3(7)2-9-4/h2-8H,1H2/t3-,4+,5-/m0/s1. The maximum Gasteiger partial charge on any atom is 0.115 e. The van der Waals surface area contributed by atoms with Crippen molar-refractivity contribution in [3.8, 4) is 0 Å². The average molecular weight is 133 g/mol. The minimum absolute atomic E-state index is 0.269. The molecule has 0 aliphatic carbocycles. The Kier molecular flexibility index (Phi) is 2.02. The van der Waals surface area contributed by atoms with Gasteiger partial charge in [-0.05, 0) is 0 Å². The Labute approximate surface area is 52.7 Å². The number of ether oxygens (including phenoxy) is 1. The predicted octanol–water partition coefficient (Wildman–Crippen LogP) is -1.74. The number of hydrogen-bond donors (Lipinski definition) is 3. The minimum Gasteiger partial charge on any atom is -0.394 e. The molecule has 0 spiro atoms. The van der Waals surface area contributed by atoms with Crippen LogP contribution in [0, 0.1) is 6.61 Å². The van der Waals surface area contributed by atoms with E-state index in [2.05, 4.69) is 4.74 Å². The van der Waals surface area contributed by atoms with Gasteiger partial charge in [0.05, 0.1) is 6.61 Å². The van der Waals surface area contributed by atoms with Crippen molar-refractivity contribution in [1.82, 2.24) is 0 Å². The lowest BCUT2D eigenvalue weighted by atomic mass is 10.2. The summed E-state index contributed by atoms with van der Waals surface area (Å²) >= 11 is 0. The summed E-state index contributed by atoms with van der Waals surface area (Å²) in [7, 11) is 0. The smallest absolute Gasteiger partial charge is 0.115 e. The first-order valence-corrected chi connectivity index (χ1v) is 2.71. The highest BCUT2D eigenvalue weighted by atomic mass is 16.5. The summed E-state index contributed by atoms with van der Waals surface area (Å²) < 4.78 is 4.65. The Bertz CT molecular complexity index is 95.0. The van der Waals surface area contributed by atoms with Gasteiger partial charge in [-0.15, -0.1) is 0 Å². The van der Waals surface area contributed by atoms with Crippen molar-refractivity contribution in [2.75, 3.05) is 6.61 Å². The summed E-state index contributed by atoms with van der Waals surface area (Å²) in [4.78, 5) is 0. The monoisotopic (exact) mass is 133 g/mol. The van der Waals surface area contributed by atoms with Gasteiger partial charge in [0.25, 0.3) is 0 Å². The van der Waals surface area contributed by atoms with Crippen LogP contribution in [-0.4, -0.2) is 40.2 Å². The molecule has 0 bridgehead atoms. The zero-order chi connectivity index (χ0) is 6.85. The largest absolute Gasteiger partial charge is 0.394 e. The fourth-order valence-corrected chi connectivity index (χ4v) is 0.713. The van der Waals surface area contributed by atoms with Gasteiger partial charge in [0.2, 0.25) is 0 Å². The number of hydrogen-bond acceptors (Lipinski definition) is 4. The molecule has 3 N–H and O–H groups in total. The molecule has 0 aromatic carbocycles. The molecule has 0 aromatic heterocycles. The van der Waals surface area contributed by atoms with E-state index in [1.54, 1.807) is 0 Å². The third-order valence-corrected chi connectivity index (χ3v) is 1.30. The molecule has 1 aliphatic rings. The zero-order valence-electron chi connectivity index (χ0n) is 4.77. The van der Waals surface area contributed by atoms with E-state index in [9.17, 15) is 0 Å². The second kappa shape index (κ2) is 2.62. The molecule has 3 atom stereocenters. The van der Waals surface area contributed by atoms with Crippen LogP contribution in [0.15, 0.2) is 0 Å². The van der Waals surface area contributed by atoms with Crippen molar-refractivity contribution in [2.24, 2.45) is 0 Å². The van der Waals surface area contributed by atoms with E-state index >= 15 is 0 Å². The van der Waals surface area contributed by atoms with Crippen LogP contribution in [0.25, 0.3) is 0 Å². The van der Waals surface area contributed by atoms with Gasteiger partial charge in [0.15, 0.2) is 0 Å². The number of aliphatic hydroxyl groups excluding tert-OH is 3. The summed E-state index contributed by atoms with van der Waals surface area (Å²) in [5.74, 6) is 0. The second-order valence-corrected chi connectivity index (χ2v) is 1.97. The molecule has 4 nitrogen and oxygen atoms in total. The third kappa shape index (κ3) is 1.21. The topological polar surface area (TPSA) is 69.9 Å². The van der Waals surface area contributed by atoms with Gasteiger partial charge in [-0.25, -0.2) is 0 Å². The summed E-state index contributed by atoms with van der Waals surface area (Å²) in [6.07, 6.45) is -2.59. The first kappa shape index (κ1) is 6.95. The Morgan fingerprint density at radius 3 is 2.33 bits per heavy atom. The van der Waals surface area contributed by atoms with Crippen molar-refractivity contribution in [3.05, 3.63) is 6.61 Å². The first-order valence-electron chi connectivity index (χ1n) is 2.71. The van der Waals surface area contributed by atoms with Gasteiger partial charge in [-0.1, -0.05) is 0 Å². The lowest BCUT2D eigenvalue weighted by Crippen LogP contribution is -2.31. The van der Waals surface area contributed by atoms with Crippen molar-refractivity contribution in [1.29, 1.82) is 0 Å². The van der Waals surface area contributed by atoms with Crippen molar-refractivity contribution in [2.45, 2.75) is 18.3 Å². The van der Waals surface area contributed by atoms with Gasteiger partial charge < -0.3 is 20.1 Å². The normalized spacial score (nSPS) is 43.7. The molecule has 0 amide bonds. The fraction of sp³-hybridized carbons (Fsp3) is 0.800. The molecule has 1 rings (SSSR count). The van der Waals surface area contributed by atoms with Crippen LogP contribution in [0.4, 0.5) is 0 Å². The molecular weight excluding hydrogens is 124 g/mol. The zero-order valence-corrected chi connectivity index (χ0v) is 4.77. The van der Waals surface area contributed by atoms with Crippen molar-refractivity contribution < 1.29 is 20.1 Å². The quantitative estimate of drug-likeness (QED) is 0.397. The van der Waals surface area contributed by atoms with Crippen LogP contribution in [0.2, 0.25) is 0 Å². The van der Waals surface area contributed by atoms with Gasteiger partial charge in [-0.3, -0.25) is 0 Å². The molecule has 1 fully saturated rings. The van der Waals surface area contributed by atoms with Crippen LogP contribution in [0.3, 0.4) is 0 Å². The van der Waals surface area contributed by atoms with Crippen LogP contribution >= 0.6 is 0 Å².